The average molecular weight is 394 g/mol. The van der Waals surface area contributed by atoms with Crippen molar-refractivity contribution in [2.24, 2.45) is 0 Å². The van der Waals surface area contributed by atoms with E-state index in [1.54, 1.807) is 24.5 Å². The summed E-state index contributed by atoms with van der Waals surface area (Å²) in [5.74, 6) is 1.82. The smallest absolute Gasteiger partial charge is 0.276 e. The first kappa shape index (κ1) is 17.1. The Balaban J connectivity index is 1.29. The molecular weight excluding hydrogens is 378 g/mol. The lowest BCUT2D eigenvalue weighted by Gasteiger charge is -2.33. The van der Waals surface area contributed by atoms with Crippen LogP contribution >= 0.6 is 11.6 Å². The minimum atomic E-state index is -0.225. The SMILES string of the molecule is O=c1c2cccnc2cnn1Cc1nc(C2CC(c3ccc(Cl)cc3)C2)no1. The number of hydrogen-bond acceptors (Lipinski definition) is 6. The highest BCUT2D eigenvalue weighted by Gasteiger charge is 2.34. The van der Waals surface area contributed by atoms with Crippen LogP contribution in [0.3, 0.4) is 0 Å². The molecule has 0 atom stereocenters. The molecule has 3 aromatic heterocycles. The van der Waals surface area contributed by atoms with Crippen molar-refractivity contribution in [1.29, 1.82) is 0 Å². The fraction of sp³-hybridized carbons (Fsp3) is 0.250. The maximum Gasteiger partial charge on any atom is 0.276 e. The molecule has 1 saturated carbocycles. The molecule has 140 valence electrons. The molecule has 4 aromatic rings. The summed E-state index contributed by atoms with van der Waals surface area (Å²) in [7, 11) is 0. The van der Waals surface area contributed by atoms with Crippen molar-refractivity contribution < 1.29 is 4.52 Å². The zero-order valence-electron chi connectivity index (χ0n) is 14.8. The van der Waals surface area contributed by atoms with Gasteiger partial charge in [-0.25, -0.2) is 4.68 Å². The van der Waals surface area contributed by atoms with E-state index in [-0.39, 0.29) is 18.0 Å². The summed E-state index contributed by atoms with van der Waals surface area (Å²) in [4.78, 5) is 21.1. The van der Waals surface area contributed by atoms with E-state index in [4.69, 9.17) is 16.1 Å². The molecule has 0 amide bonds. The highest BCUT2D eigenvalue weighted by molar-refractivity contribution is 6.30. The van der Waals surface area contributed by atoms with Crippen LogP contribution in [0.2, 0.25) is 5.02 Å². The molecule has 3 heterocycles. The lowest BCUT2D eigenvalue weighted by atomic mass is 9.71. The van der Waals surface area contributed by atoms with Crippen molar-refractivity contribution in [3.63, 3.8) is 0 Å². The maximum atomic E-state index is 12.5. The molecule has 8 heteroatoms. The van der Waals surface area contributed by atoms with Crippen LogP contribution in [0, 0.1) is 0 Å². The van der Waals surface area contributed by atoms with Crippen molar-refractivity contribution in [2.45, 2.75) is 31.2 Å². The van der Waals surface area contributed by atoms with Crippen LogP contribution in [-0.2, 0) is 6.54 Å². The largest absolute Gasteiger partial charge is 0.337 e. The fourth-order valence-electron chi connectivity index (χ4n) is 3.59. The molecule has 5 rings (SSSR count). The number of rotatable bonds is 4. The number of hydrogen-bond donors (Lipinski definition) is 0. The van der Waals surface area contributed by atoms with Gasteiger partial charge in [-0.05, 0) is 48.6 Å². The standard InChI is InChI=1S/C20H16ClN5O2/c21-15-5-3-12(4-6-15)13-8-14(9-13)19-24-18(28-25-19)11-26-20(27)16-2-1-7-22-17(16)10-23-26/h1-7,10,13-14H,8-9,11H2. The number of halogens is 1. The second-order valence-corrected chi connectivity index (χ2v) is 7.44. The van der Waals surface area contributed by atoms with Crippen molar-refractivity contribution in [3.05, 3.63) is 81.4 Å². The monoisotopic (exact) mass is 393 g/mol. The van der Waals surface area contributed by atoms with Crippen LogP contribution in [0.25, 0.3) is 10.9 Å². The molecule has 0 saturated heterocycles. The first-order chi connectivity index (χ1) is 13.7. The molecule has 1 fully saturated rings. The van der Waals surface area contributed by atoms with E-state index in [2.05, 4.69) is 32.4 Å². The van der Waals surface area contributed by atoms with Crippen molar-refractivity contribution in [3.8, 4) is 0 Å². The van der Waals surface area contributed by atoms with Gasteiger partial charge in [-0.15, -0.1) is 0 Å². The molecule has 0 unspecified atom stereocenters. The Morgan fingerprint density at radius 1 is 1.14 bits per heavy atom. The third-order valence-electron chi connectivity index (χ3n) is 5.24. The molecule has 0 aliphatic heterocycles. The molecule has 0 N–H and O–H groups in total. The van der Waals surface area contributed by atoms with Gasteiger partial charge in [0.1, 0.15) is 6.54 Å². The van der Waals surface area contributed by atoms with E-state index in [1.807, 2.05) is 12.1 Å². The Bertz CT molecular complexity index is 1200. The molecule has 7 nitrogen and oxygen atoms in total. The van der Waals surface area contributed by atoms with Gasteiger partial charge >= 0.3 is 0 Å². The van der Waals surface area contributed by atoms with E-state index in [0.717, 1.165) is 17.9 Å². The molecule has 1 aliphatic carbocycles. The summed E-state index contributed by atoms with van der Waals surface area (Å²) in [6, 6.07) is 11.4. The van der Waals surface area contributed by atoms with E-state index >= 15 is 0 Å². The summed E-state index contributed by atoms with van der Waals surface area (Å²) in [5.41, 5.74) is 1.62. The first-order valence-corrected chi connectivity index (χ1v) is 9.44. The number of fused-ring (bicyclic) bond motifs is 1. The van der Waals surface area contributed by atoms with Crippen LogP contribution in [0.5, 0.6) is 0 Å². The van der Waals surface area contributed by atoms with Gasteiger partial charge in [0.05, 0.1) is 17.1 Å². The Hall–Kier alpha value is -3.06. The maximum absolute atomic E-state index is 12.5. The summed E-state index contributed by atoms with van der Waals surface area (Å²) in [6.07, 6.45) is 5.14. The predicted octanol–water partition coefficient (Wildman–Crippen LogP) is 3.54. The molecule has 28 heavy (non-hydrogen) atoms. The Kier molecular flexibility index (Phi) is 4.16. The number of aromatic nitrogens is 5. The zero-order chi connectivity index (χ0) is 19.1. The van der Waals surface area contributed by atoms with Gasteiger partial charge in [0.2, 0.25) is 5.89 Å². The van der Waals surface area contributed by atoms with Gasteiger partial charge in [-0.1, -0.05) is 28.9 Å². The topological polar surface area (TPSA) is 86.7 Å². The van der Waals surface area contributed by atoms with Gasteiger partial charge < -0.3 is 4.52 Å². The van der Waals surface area contributed by atoms with Crippen molar-refractivity contribution in [2.75, 3.05) is 0 Å². The normalized spacial score (nSPS) is 18.9. The van der Waals surface area contributed by atoms with Crippen LogP contribution in [0.1, 0.15) is 42.0 Å². The minimum absolute atomic E-state index is 0.143. The fourth-order valence-corrected chi connectivity index (χ4v) is 3.72. The third-order valence-corrected chi connectivity index (χ3v) is 5.49. The zero-order valence-corrected chi connectivity index (χ0v) is 15.6. The summed E-state index contributed by atoms with van der Waals surface area (Å²) >= 11 is 5.95. The van der Waals surface area contributed by atoms with E-state index in [9.17, 15) is 4.79 Å². The van der Waals surface area contributed by atoms with E-state index in [0.29, 0.717) is 28.5 Å². The quantitative estimate of drug-likeness (QED) is 0.527. The lowest BCUT2D eigenvalue weighted by Crippen LogP contribution is -2.24. The van der Waals surface area contributed by atoms with E-state index in [1.165, 1.54) is 10.2 Å². The van der Waals surface area contributed by atoms with Gasteiger partial charge in [-0.2, -0.15) is 10.1 Å². The Morgan fingerprint density at radius 2 is 1.96 bits per heavy atom. The number of benzene rings is 1. The van der Waals surface area contributed by atoms with Gasteiger partial charge in [-0.3, -0.25) is 9.78 Å². The highest BCUT2D eigenvalue weighted by Crippen LogP contribution is 2.46. The summed E-state index contributed by atoms with van der Waals surface area (Å²) < 4.78 is 6.67. The third kappa shape index (κ3) is 3.07. The van der Waals surface area contributed by atoms with Crippen molar-refractivity contribution >= 4 is 22.5 Å². The number of pyridine rings is 1. The molecule has 0 spiro atoms. The molecule has 0 radical (unpaired) electrons. The van der Waals surface area contributed by atoms with Crippen LogP contribution in [-0.4, -0.2) is 24.9 Å². The highest BCUT2D eigenvalue weighted by atomic mass is 35.5. The second kappa shape index (κ2) is 6.83. The Morgan fingerprint density at radius 3 is 2.79 bits per heavy atom. The van der Waals surface area contributed by atoms with Crippen molar-refractivity contribution in [1.82, 2.24) is 24.9 Å². The second-order valence-electron chi connectivity index (χ2n) is 7.01. The lowest BCUT2D eigenvalue weighted by molar-refractivity contribution is 0.314. The van der Waals surface area contributed by atoms with E-state index < -0.39 is 0 Å². The average Bonchev–Trinajstić information content (AvgIpc) is 3.13. The van der Waals surface area contributed by atoms with Gasteiger partial charge in [0.25, 0.3) is 5.56 Å². The van der Waals surface area contributed by atoms with Gasteiger partial charge in [0, 0.05) is 17.1 Å². The predicted molar refractivity (Wildman–Crippen MR) is 103 cm³/mol. The number of nitrogens with zero attached hydrogens (tertiary/aromatic N) is 5. The summed E-state index contributed by atoms with van der Waals surface area (Å²) in [5, 5.41) is 9.52. The van der Waals surface area contributed by atoms with Gasteiger partial charge in [0.15, 0.2) is 5.82 Å². The Labute approximate surface area is 165 Å². The van der Waals surface area contributed by atoms with Crippen LogP contribution < -0.4 is 5.56 Å². The minimum Gasteiger partial charge on any atom is -0.337 e. The summed E-state index contributed by atoms with van der Waals surface area (Å²) in [6.45, 7) is 0.143. The molecule has 1 aliphatic rings. The molecule has 0 bridgehead atoms. The first-order valence-electron chi connectivity index (χ1n) is 9.06. The molecular formula is C20H16ClN5O2. The molecule has 1 aromatic carbocycles. The van der Waals surface area contributed by atoms with Crippen LogP contribution in [0.4, 0.5) is 0 Å². The van der Waals surface area contributed by atoms with Crippen LogP contribution in [0.15, 0.2) is 58.1 Å².